The molecule has 0 radical (unpaired) electrons. The summed E-state index contributed by atoms with van der Waals surface area (Å²) in [6.45, 7) is 2.16. The molecule has 2 aromatic carbocycles. The Labute approximate surface area is 158 Å². The number of H-pyrrole nitrogens is 1. The molecule has 2 aliphatic rings. The number of piperidine rings is 1. The Bertz CT molecular complexity index is 995. The largest absolute Gasteiger partial charge is 0.508 e. The van der Waals surface area contributed by atoms with E-state index in [4.69, 9.17) is 11.6 Å². The molecule has 1 fully saturated rings. The van der Waals surface area contributed by atoms with Crippen molar-refractivity contribution in [3.8, 4) is 5.75 Å². The third-order valence-corrected chi connectivity index (χ3v) is 6.90. The van der Waals surface area contributed by atoms with Crippen molar-refractivity contribution in [3.63, 3.8) is 0 Å². The van der Waals surface area contributed by atoms with Gasteiger partial charge in [-0.05, 0) is 74.2 Å². The zero-order valence-corrected chi connectivity index (χ0v) is 15.7. The van der Waals surface area contributed by atoms with Gasteiger partial charge in [0.15, 0.2) is 0 Å². The van der Waals surface area contributed by atoms with Crippen molar-refractivity contribution in [2.75, 3.05) is 20.1 Å². The van der Waals surface area contributed by atoms with Crippen molar-refractivity contribution in [1.82, 2.24) is 9.88 Å². The summed E-state index contributed by atoms with van der Waals surface area (Å²) in [4.78, 5) is 6.09. The van der Waals surface area contributed by atoms with Gasteiger partial charge in [-0.25, -0.2) is 0 Å². The first-order valence-electron chi connectivity index (χ1n) is 9.33. The summed E-state index contributed by atoms with van der Waals surface area (Å²) in [6, 6.07) is 14.0. The number of likely N-dealkylation sites (tertiary alicyclic amines) is 1. The van der Waals surface area contributed by atoms with E-state index in [1.807, 2.05) is 24.3 Å². The molecular formula is C22H23ClN2O. The van der Waals surface area contributed by atoms with E-state index in [0.717, 1.165) is 42.9 Å². The SMILES string of the molecule is CN1CCC2(c3cccc(O)c3)Cc3[nH]c4cccc(Cl)c4c3CC2C1. The molecule has 134 valence electrons. The van der Waals surface area contributed by atoms with Crippen molar-refractivity contribution in [2.24, 2.45) is 5.92 Å². The van der Waals surface area contributed by atoms with Crippen molar-refractivity contribution < 1.29 is 5.11 Å². The second-order valence-corrected chi connectivity index (χ2v) is 8.45. The van der Waals surface area contributed by atoms with Crippen LogP contribution in [0.1, 0.15) is 23.2 Å². The number of hydrogen-bond acceptors (Lipinski definition) is 2. The summed E-state index contributed by atoms with van der Waals surface area (Å²) in [5, 5.41) is 12.1. The Morgan fingerprint density at radius 3 is 2.92 bits per heavy atom. The van der Waals surface area contributed by atoms with Crippen LogP contribution in [0.5, 0.6) is 5.75 Å². The maximum absolute atomic E-state index is 10.1. The Hall–Kier alpha value is -1.97. The summed E-state index contributed by atoms with van der Waals surface area (Å²) >= 11 is 6.55. The summed E-state index contributed by atoms with van der Waals surface area (Å²) in [6.07, 6.45) is 3.12. The van der Waals surface area contributed by atoms with Crippen LogP contribution in [0.3, 0.4) is 0 Å². The van der Waals surface area contributed by atoms with Gasteiger partial charge in [-0.15, -0.1) is 0 Å². The second-order valence-electron chi connectivity index (χ2n) is 8.04. The van der Waals surface area contributed by atoms with E-state index >= 15 is 0 Å². The number of halogens is 1. The standard InChI is InChI=1S/C22H23ClN2O/c1-25-9-8-22(14-4-2-5-16(26)10-14)12-20-17(11-15(22)13-25)21-18(23)6-3-7-19(21)24-20/h2-7,10,15,24,26H,8-9,11-13H2,1H3. The predicted octanol–water partition coefficient (Wildman–Crippen LogP) is 4.52. The van der Waals surface area contributed by atoms with Crippen LogP contribution < -0.4 is 0 Å². The molecule has 0 saturated carbocycles. The molecule has 26 heavy (non-hydrogen) atoms. The topological polar surface area (TPSA) is 39.3 Å². The van der Waals surface area contributed by atoms with E-state index in [1.165, 1.54) is 22.2 Å². The number of hydrogen-bond donors (Lipinski definition) is 2. The van der Waals surface area contributed by atoms with Gasteiger partial charge in [0.1, 0.15) is 5.75 Å². The number of phenolic OH excluding ortho intramolecular Hbond substituents is 1. The molecule has 1 aromatic heterocycles. The van der Waals surface area contributed by atoms with Crippen molar-refractivity contribution in [2.45, 2.75) is 24.7 Å². The van der Waals surface area contributed by atoms with Gasteiger partial charge in [0, 0.05) is 28.6 Å². The number of nitrogens with zero attached hydrogens (tertiary/aromatic N) is 1. The molecule has 2 N–H and O–H groups in total. The Morgan fingerprint density at radius 1 is 1.23 bits per heavy atom. The molecule has 0 spiro atoms. The first-order valence-corrected chi connectivity index (χ1v) is 9.70. The highest BCUT2D eigenvalue weighted by Gasteiger charge is 2.47. The minimum absolute atomic E-state index is 0.0750. The number of aromatic amines is 1. The molecular weight excluding hydrogens is 344 g/mol. The molecule has 1 aliphatic heterocycles. The van der Waals surface area contributed by atoms with Crippen LogP contribution in [-0.2, 0) is 18.3 Å². The summed E-state index contributed by atoms with van der Waals surface area (Å²) in [5.74, 6) is 0.880. The molecule has 2 atom stereocenters. The van der Waals surface area contributed by atoms with Crippen LogP contribution in [0, 0.1) is 5.92 Å². The molecule has 0 amide bonds. The second kappa shape index (κ2) is 5.77. The fourth-order valence-corrected chi connectivity index (χ4v) is 5.58. The monoisotopic (exact) mass is 366 g/mol. The number of fused-ring (bicyclic) bond motifs is 4. The van der Waals surface area contributed by atoms with Gasteiger partial charge in [-0.3, -0.25) is 0 Å². The zero-order valence-electron chi connectivity index (χ0n) is 14.9. The van der Waals surface area contributed by atoms with Crippen LogP contribution in [-0.4, -0.2) is 35.1 Å². The van der Waals surface area contributed by atoms with E-state index < -0.39 is 0 Å². The molecule has 1 aliphatic carbocycles. The van der Waals surface area contributed by atoms with Gasteiger partial charge < -0.3 is 15.0 Å². The average Bonchev–Trinajstić information content (AvgIpc) is 2.98. The molecule has 2 heterocycles. The highest BCUT2D eigenvalue weighted by molar-refractivity contribution is 6.35. The Morgan fingerprint density at radius 2 is 2.08 bits per heavy atom. The normalized spacial score (nSPS) is 25.8. The van der Waals surface area contributed by atoms with E-state index in [2.05, 4.69) is 29.1 Å². The third-order valence-electron chi connectivity index (χ3n) is 6.58. The lowest BCUT2D eigenvalue weighted by molar-refractivity contribution is 0.0994. The fourth-order valence-electron chi connectivity index (χ4n) is 5.29. The number of rotatable bonds is 1. The number of phenols is 1. The highest BCUT2D eigenvalue weighted by atomic mass is 35.5. The van der Waals surface area contributed by atoms with E-state index in [-0.39, 0.29) is 5.41 Å². The minimum atomic E-state index is 0.0750. The quantitative estimate of drug-likeness (QED) is 0.664. The predicted molar refractivity (Wildman–Crippen MR) is 106 cm³/mol. The van der Waals surface area contributed by atoms with E-state index in [9.17, 15) is 5.11 Å². The van der Waals surface area contributed by atoms with Gasteiger partial charge in [0.25, 0.3) is 0 Å². The van der Waals surface area contributed by atoms with Crippen LogP contribution in [0.2, 0.25) is 5.02 Å². The van der Waals surface area contributed by atoms with Gasteiger partial charge in [0.05, 0.1) is 5.02 Å². The first-order chi connectivity index (χ1) is 12.6. The van der Waals surface area contributed by atoms with Crippen molar-refractivity contribution in [1.29, 1.82) is 0 Å². The first kappa shape index (κ1) is 16.2. The van der Waals surface area contributed by atoms with Gasteiger partial charge >= 0.3 is 0 Å². The van der Waals surface area contributed by atoms with Crippen LogP contribution in [0.4, 0.5) is 0 Å². The Balaban J connectivity index is 1.70. The van der Waals surface area contributed by atoms with Crippen LogP contribution in [0.25, 0.3) is 10.9 Å². The van der Waals surface area contributed by atoms with Crippen molar-refractivity contribution >= 4 is 22.5 Å². The molecule has 2 unspecified atom stereocenters. The summed E-state index contributed by atoms with van der Waals surface area (Å²) < 4.78 is 0. The van der Waals surface area contributed by atoms with Crippen molar-refractivity contribution in [3.05, 3.63) is 64.3 Å². The molecule has 3 aromatic rings. The zero-order chi connectivity index (χ0) is 17.9. The number of nitrogens with one attached hydrogen (secondary N) is 1. The lowest BCUT2D eigenvalue weighted by atomic mass is 9.59. The fraction of sp³-hybridized carbons (Fsp3) is 0.364. The molecule has 0 bridgehead atoms. The molecule has 3 nitrogen and oxygen atoms in total. The molecule has 4 heteroatoms. The third kappa shape index (κ3) is 2.30. The maximum Gasteiger partial charge on any atom is 0.115 e. The molecule has 1 saturated heterocycles. The highest BCUT2D eigenvalue weighted by Crippen LogP contribution is 2.49. The Kier molecular flexibility index (Phi) is 3.60. The van der Waals surface area contributed by atoms with E-state index in [0.29, 0.717) is 11.7 Å². The lowest BCUT2D eigenvalue weighted by Crippen LogP contribution is -2.52. The maximum atomic E-state index is 10.1. The average molecular weight is 367 g/mol. The summed E-state index contributed by atoms with van der Waals surface area (Å²) in [7, 11) is 2.21. The smallest absolute Gasteiger partial charge is 0.115 e. The lowest BCUT2D eigenvalue weighted by Gasteiger charge is -2.50. The van der Waals surface area contributed by atoms with Crippen LogP contribution in [0.15, 0.2) is 42.5 Å². The van der Waals surface area contributed by atoms with Gasteiger partial charge in [0.2, 0.25) is 0 Å². The number of aromatic nitrogens is 1. The molecule has 5 rings (SSSR count). The van der Waals surface area contributed by atoms with E-state index in [1.54, 1.807) is 6.07 Å². The number of aromatic hydroxyl groups is 1. The minimum Gasteiger partial charge on any atom is -0.508 e. The van der Waals surface area contributed by atoms with Gasteiger partial charge in [-0.2, -0.15) is 0 Å². The number of benzene rings is 2. The van der Waals surface area contributed by atoms with Gasteiger partial charge in [-0.1, -0.05) is 29.8 Å². The van der Waals surface area contributed by atoms with Crippen LogP contribution >= 0.6 is 11.6 Å². The summed E-state index contributed by atoms with van der Waals surface area (Å²) in [5.41, 5.74) is 5.19.